The molecule has 0 aliphatic carbocycles. The second-order valence-electron chi connectivity index (χ2n) is 2.80. The molecule has 0 radical (unpaired) electrons. The Bertz CT molecular complexity index is 255. The molecular formula is C16H30O. The quantitative estimate of drug-likeness (QED) is 0.430. The summed E-state index contributed by atoms with van der Waals surface area (Å²) in [7, 11) is 0. The first-order valence-electron chi connectivity index (χ1n) is 6.41. The van der Waals surface area contributed by atoms with Gasteiger partial charge < -0.3 is 4.74 Å². The minimum Gasteiger partial charge on any atom is -0.466 e. The van der Waals surface area contributed by atoms with E-state index in [1.54, 1.807) is 0 Å². The maximum atomic E-state index is 5.23. The van der Waals surface area contributed by atoms with Gasteiger partial charge in [0.2, 0.25) is 0 Å². The van der Waals surface area contributed by atoms with E-state index in [-0.39, 0.29) is 0 Å². The third-order valence-electron chi connectivity index (χ3n) is 1.76. The Hall–Kier alpha value is -1.24. The largest absolute Gasteiger partial charge is 0.466 e. The molecule has 0 aromatic rings. The van der Waals surface area contributed by atoms with E-state index in [0.29, 0.717) is 0 Å². The highest BCUT2D eigenvalue weighted by Gasteiger charge is 1.97. The number of hydrogen-bond acceptors (Lipinski definition) is 1. The van der Waals surface area contributed by atoms with E-state index in [0.717, 1.165) is 11.3 Å². The average Bonchev–Trinajstić information content (AvgIpc) is 2.40. The molecule has 0 heterocycles. The summed E-state index contributed by atoms with van der Waals surface area (Å²) in [6.45, 7) is 19.6. The molecule has 0 aliphatic heterocycles. The lowest BCUT2D eigenvalue weighted by atomic mass is 10.1. The van der Waals surface area contributed by atoms with Crippen molar-refractivity contribution in [3.05, 3.63) is 48.0 Å². The van der Waals surface area contributed by atoms with Gasteiger partial charge >= 0.3 is 0 Å². The summed E-state index contributed by atoms with van der Waals surface area (Å²) in [5, 5.41) is 0. The molecule has 0 N–H and O–H groups in total. The fraction of sp³-hybridized carbons (Fsp3) is 0.500. The Morgan fingerprint density at radius 3 is 1.71 bits per heavy atom. The van der Waals surface area contributed by atoms with Crippen molar-refractivity contribution in [1.82, 2.24) is 0 Å². The molecule has 0 aliphatic rings. The first kappa shape index (κ1) is 21.1. The van der Waals surface area contributed by atoms with Crippen LogP contribution in [-0.2, 0) is 4.74 Å². The summed E-state index contributed by atoms with van der Waals surface area (Å²) in [6, 6.07) is 0. The number of hydrogen-bond donors (Lipinski definition) is 0. The normalized spacial score (nSPS) is 11.6. The minimum absolute atomic E-state index is 0.858. The summed E-state index contributed by atoms with van der Waals surface area (Å²) >= 11 is 0. The fourth-order valence-electron chi connectivity index (χ4n) is 0.974. The topological polar surface area (TPSA) is 9.23 Å². The van der Waals surface area contributed by atoms with Gasteiger partial charge in [0.25, 0.3) is 0 Å². The molecule has 0 bridgehead atoms. The summed E-state index contributed by atoms with van der Waals surface area (Å²) in [4.78, 5) is 0. The molecule has 0 unspecified atom stereocenters. The van der Waals surface area contributed by atoms with Crippen molar-refractivity contribution in [1.29, 1.82) is 0 Å². The summed E-state index contributed by atoms with van der Waals surface area (Å²) in [6.07, 6.45) is 7.51. The predicted octanol–water partition coefficient (Wildman–Crippen LogP) is 6.02. The van der Waals surface area contributed by atoms with Gasteiger partial charge in [-0.25, -0.2) is 0 Å². The van der Waals surface area contributed by atoms with E-state index in [2.05, 4.69) is 25.7 Å². The first-order chi connectivity index (χ1) is 8.15. The second-order valence-corrected chi connectivity index (χ2v) is 2.80. The zero-order valence-corrected chi connectivity index (χ0v) is 12.9. The molecule has 0 rings (SSSR count). The van der Waals surface area contributed by atoms with E-state index in [1.807, 2.05) is 54.5 Å². The Balaban J connectivity index is -0.000000439. The van der Waals surface area contributed by atoms with Crippen molar-refractivity contribution < 1.29 is 4.74 Å². The standard InChI is InChI=1S/C12H18O.2C2H6/c1-6-10(4)9-11(5)12(7-2)13-8-3;2*1-2/h6-9H,3H2,1-2,4-5H3;2*1-2H3/b10-6-,11-9-,12-7+;;. The Morgan fingerprint density at radius 1 is 0.941 bits per heavy atom. The lowest BCUT2D eigenvalue weighted by molar-refractivity contribution is 0.362. The van der Waals surface area contributed by atoms with Gasteiger partial charge in [0.05, 0.1) is 6.26 Å². The van der Waals surface area contributed by atoms with Crippen molar-refractivity contribution >= 4 is 0 Å². The van der Waals surface area contributed by atoms with Gasteiger partial charge in [0.15, 0.2) is 0 Å². The summed E-state index contributed by atoms with van der Waals surface area (Å²) in [5.41, 5.74) is 2.34. The maximum absolute atomic E-state index is 5.23. The van der Waals surface area contributed by atoms with Gasteiger partial charge in [-0.15, -0.1) is 0 Å². The third-order valence-corrected chi connectivity index (χ3v) is 1.76. The van der Waals surface area contributed by atoms with Crippen LogP contribution in [0, 0.1) is 0 Å². The Kier molecular flexibility index (Phi) is 21.3. The molecule has 0 saturated heterocycles. The average molecular weight is 238 g/mol. The highest BCUT2D eigenvalue weighted by atomic mass is 16.5. The van der Waals surface area contributed by atoms with Gasteiger partial charge in [-0.1, -0.05) is 52.0 Å². The SMILES string of the molecule is C=COC(=C/C)/C(C)=C\C(C)=C/C.CC.CC. The number of allylic oxidation sites excluding steroid dienone is 5. The second kappa shape index (κ2) is 17.2. The van der Waals surface area contributed by atoms with Gasteiger partial charge in [-0.2, -0.15) is 0 Å². The van der Waals surface area contributed by atoms with Gasteiger partial charge in [-0.05, 0) is 39.3 Å². The molecule has 0 atom stereocenters. The van der Waals surface area contributed by atoms with E-state index in [4.69, 9.17) is 4.74 Å². The van der Waals surface area contributed by atoms with E-state index in [1.165, 1.54) is 11.8 Å². The fourth-order valence-corrected chi connectivity index (χ4v) is 0.974. The predicted molar refractivity (Wildman–Crippen MR) is 80.9 cm³/mol. The minimum atomic E-state index is 0.858. The summed E-state index contributed by atoms with van der Waals surface area (Å²) in [5.74, 6) is 0.858. The van der Waals surface area contributed by atoms with Crippen LogP contribution in [0.5, 0.6) is 0 Å². The van der Waals surface area contributed by atoms with E-state index >= 15 is 0 Å². The van der Waals surface area contributed by atoms with Crippen LogP contribution < -0.4 is 0 Å². The van der Waals surface area contributed by atoms with Gasteiger partial charge in [0.1, 0.15) is 5.76 Å². The highest BCUT2D eigenvalue weighted by Crippen LogP contribution is 2.13. The maximum Gasteiger partial charge on any atom is 0.125 e. The van der Waals surface area contributed by atoms with Crippen LogP contribution in [0.2, 0.25) is 0 Å². The van der Waals surface area contributed by atoms with Crippen LogP contribution in [-0.4, -0.2) is 0 Å². The van der Waals surface area contributed by atoms with Crippen molar-refractivity contribution in [2.45, 2.75) is 55.4 Å². The van der Waals surface area contributed by atoms with Crippen LogP contribution in [0.3, 0.4) is 0 Å². The zero-order valence-electron chi connectivity index (χ0n) is 12.9. The molecule has 0 spiro atoms. The van der Waals surface area contributed by atoms with Gasteiger partial charge in [-0.3, -0.25) is 0 Å². The molecule has 1 heteroatoms. The van der Waals surface area contributed by atoms with Gasteiger partial charge in [0, 0.05) is 0 Å². The number of ether oxygens (including phenoxy) is 1. The molecule has 0 amide bonds. The smallest absolute Gasteiger partial charge is 0.125 e. The molecule has 1 nitrogen and oxygen atoms in total. The molecule has 17 heavy (non-hydrogen) atoms. The van der Waals surface area contributed by atoms with Crippen molar-refractivity contribution in [3.8, 4) is 0 Å². The molecule has 0 aromatic heterocycles. The van der Waals surface area contributed by atoms with Crippen LogP contribution in [0.1, 0.15) is 55.4 Å². The Labute approximate surface area is 109 Å². The van der Waals surface area contributed by atoms with Crippen molar-refractivity contribution in [2.75, 3.05) is 0 Å². The van der Waals surface area contributed by atoms with Crippen LogP contribution in [0.4, 0.5) is 0 Å². The Morgan fingerprint density at radius 2 is 1.41 bits per heavy atom. The lowest BCUT2D eigenvalue weighted by Gasteiger charge is -2.05. The van der Waals surface area contributed by atoms with E-state index in [9.17, 15) is 0 Å². The molecule has 0 saturated carbocycles. The lowest BCUT2D eigenvalue weighted by Crippen LogP contribution is -1.87. The zero-order chi connectivity index (χ0) is 14.3. The number of rotatable bonds is 4. The van der Waals surface area contributed by atoms with Crippen molar-refractivity contribution in [2.24, 2.45) is 0 Å². The third kappa shape index (κ3) is 12.7. The molecule has 0 aromatic carbocycles. The monoisotopic (exact) mass is 238 g/mol. The molecular weight excluding hydrogens is 208 g/mol. The molecule has 0 fully saturated rings. The highest BCUT2D eigenvalue weighted by molar-refractivity contribution is 5.31. The first-order valence-corrected chi connectivity index (χ1v) is 6.41. The summed E-state index contributed by atoms with van der Waals surface area (Å²) < 4.78 is 5.23. The van der Waals surface area contributed by atoms with E-state index < -0.39 is 0 Å². The van der Waals surface area contributed by atoms with Crippen LogP contribution in [0.15, 0.2) is 48.0 Å². The van der Waals surface area contributed by atoms with Crippen molar-refractivity contribution in [3.63, 3.8) is 0 Å². The van der Waals surface area contributed by atoms with Crippen LogP contribution >= 0.6 is 0 Å². The van der Waals surface area contributed by atoms with Crippen LogP contribution in [0.25, 0.3) is 0 Å². The molecule has 100 valence electrons.